The van der Waals surface area contributed by atoms with Crippen LogP contribution < -0.4 is 0 Å². The summed E-state index contributed by atoms with van der Waals surface area (Å²) in [7, 11) is 0. The van der Waals surface area contributed by atoms with Crippen molar-refractivity contribution in [3.05, 3.63) is 146 Å². The van der Waals surface area contributed by atoms with Gasteiger partial charge in [-0.25, -0.2) is 15.0 Å². The van der Waals surface area contributed by atoms with E-state index in [2.05, 4.69) is 103 Å². The van der Waals surface area contributed by atoms with Gasteiger partial charge in [0.25, 0.3) is 0 Å². The number of hydrogen-bond acceptors (Lipinski definition) is 5. The molecule has 0 aliphatic carbocycles. The number of para-hydroxylation sites is 2. The van der Waals surface area contributed by atoms with Crippen molar-refractivity contribution in [1.82, 2.24) is 19.9 Å². The molecule has 0 bridgehead atoms. The highest BCUT2D eigenvalue weighted by atomic mass is 16.3. The van der Waals surface area contributed by atoms with Gasteiger partial charge < -0.3 is 4.42 Å². The summed E-state index contributed by atoms with van der Waals surface area (Å²) in [5.74, 6) is 1.84. The maximum Gasteiger partial charge on any atom is 0.164 e. The molecule has 0 saturated carbocycles. The Morgan fingerprint density at radius 1 is 0.404 bits per heavy atom. The molecule has 0 unspecified atom stereocenters. The topological polar surface area (TPSA) is 64.7 Å². The average molecular weight is 601 g/mol. The van der Waals surface area contributed by atoms with Gasteiger partial charge in [0.1, 0.15) is 11.2 Å². The summed E-state index contributed by atoms with van der Waals surface area (Å²) in [6.07, 6.45) is 1.96. The average Bonchev–Trinajstić information content (AvgIpc) is 3.53. The quantitative estimate of drug-likeness (QED) is 0.189. The first-order chi connectivity index (χ1) is 23.3. The molecule has 0 amide bonds. The summed E-state index contributed by atoms with van der Waals surface area (Å²) in [5.41, 5.74) is 5.39. The molecule has 0 saturated heterocycles. The Labute approximate surface area is 268 Å². The van der Waals surface area contributed by atoms with E-state index in [9.17, 15) is 0 Å². The second-order valence-electron chi connectivity index (χ2n) is 11.9. The van der Waals surface area contributed by atoms with Gasteiger partial charge in [0.2, 0.25) is 0 Å². The summed E-state index contributed by atoms with van der Waals surface area (Å²) in [4.78, 5) is 20.2. The molecule has 5 heteroatoms. The van der Waals surface area contributed by atoms with Gasteiger partial charge in [-0.3, -0.25) is 4.98 Å². The molecule has 0 fully saturated rings. The van der Waals surface area contributed by atoms with Crippen molar-refractivity contribution in [3.63, 3.8) is 0 Å². The van der Waals surface area contributed by atoms with Crippen molar-refractivity contribution >= 4 is 65.2 Å². The van der Waals surface area contributed by atoms with Crippen molar-refractivity contribution in [2.24, 2.45) is 0 Å². The van der Waals surface area contributed by atoms with E-state index in [1.165, 1.54) is 10.8 Å². The van der Waals surface area contributed by atoms with E-state index in [4.69, 9.17) is 24.4 Å². The summed E-state index contributed by atoms with van der Waals surface area (Å²) < 4.78 is 6.25. The third-order valence-corrected chi connectivity index (χ3v) is 9.14. The summed E-state index contributed by atoms with van der Waals surface area (Å²) in [5, 5.41) is 9.93. The standard InChI is InChI=1S/C42H24N4O/c1-2-10-26-23-27(20-19-25(26)9-1)40-44-41(46-42(45-40)34-15-8-18-37-39(34)33-12-4-6-17-36(33)47-37)31-14-7-13-30-29(31)22-21-28-24-43-35-16-5-3-11-32(35)38(28)30/h1-24H. The van der Waals surface area contributed by atoms with Crippen LogP contribution in [0.4, 0.5) is 0 Å². The largest absolute Gasteiger partial charge is 0.456 e. The van der Waals surface area contributed by atoms with Crippen molar-refractivity contribution in [2.75, 3.05) is 0 Å². The molecule has 0 radical (unpaired) electrons. The van der Waals surface area contributed by atoms with E-state index < -0.39 is 0 Å². The smallest absolute Gasteiger partial charge is 0.164 e. The first-order valence-corrected chi connectivity index (χ1v) is 15.6. The normalized spacial score (nSPS) is 11.8. The second kappa shape index (κ2) is 10.0. The number of fused-ring (bicyclic) bond motifs is 9. The van der Waals surface area contributed by atoms with Crippen LogP contribution in [0.25, 0.3) is 99.3 Å². The van der Waals surface area contributed by atoms with E-state index in [1.807, 2.05) is 42.6 Å². The lowest BCUT2D eigenvalue weighted by Crippen LogP contribution is -2.01. The fourth-order valence-corrected chi connectivity index (χ4v) is 6.95. The van der Waals surface area contributed by atoms with Gasteiger partial charge in [-0.2, -0.15) is 0 Å². The lowest BCUT2D eigenvalue weighted by atomic mass is 9.96. The van der Waals surface area contributed by atoms with Gasteiger partial charge in [-0.1, -0.05) is 115 Å². The molecule has 0 spiro atoms. The lowest BCUT2D eigenvalue weighted by molar-refractivity contribution is 0.669. The van der Waals surface area contributed by atoms with Gasteiger partial charge in [0.15, 0.2) is 17.5 Å². The Kier molecular flexibility index (Phi) is 5.51. The molecule has 5 nitrogen and oxygen atoms in total. The zero-order chi connectivity index (χ0) is 30.9. The molecule has 10 rings (SSSR count). The summed E-state index contributed by atoms with van der Waals surface area (Å²) >= 11 is 0. The summed E-state index contributed by atoms with van der Waals surface area (Å²) in [6, 6.07) is 47.9. The Morgan fingerprint density at radius 2 is 1.09 bits per heavy atom. The van der Waals surface area contributed by atoms with Crippen molar-refractivity contribution in [2.45, 2.75) is 0 Å². The number of hydrogen-bond donors (Lipinski definition) is 0. The van der Waals surface area contributed by atoms with Gasteiger partial charge in [0.05, 0.1) is 5.52 Å². The highest BCUT2D eigenvalue weighted by molar-refractivity contribution is 6.21. The van der Waals surface area contributed by atoms with Crippen LogP contribution in [-0.2, 0) is 0 Å². The molecule has 0 N–H and O–H groups in total. The molecular formula is C42H24N4O. The van der Waals surface area contributed by atoms with Gasteiger partial charge >= 0.3 is 0 Å². The molecule has 7 aromatic carbocycles. The van der Waals surface area contributed by atoms with Crippen molar-refractivity contribution in [1.29, 1.82) is 0 Å². The first-order valence-electron chi connectivity index (χ1n) is 15.6. The Morgan fingerprint density at radius 3 is 2.02 bits per heavy atom. The molecule has 218 valence electrons. The third kappa shape index (κ3) is 4.03. The SMILES string of the molecule is c1ccc2cc(-c3nc(-c4cccc5c4ccc4cnc6ccccc6c45)nc(-c4cccc5oc6ccccc6c45)n3)ccc2c1. The highest BCUT2D eigenvalue weighted by Crippen LogP contribution is 2.39. The zero-order valence-electron chi connectivity index (χ0n) is 25.1. The third-order valence-electron chi connectivity index (χ3n) is 9.14. The van der Waals surface area contributed by atoms with E-state index in [0.29, 0.717) is 17.5 Å². The van der Waals surface area contributed by atoms with Gasteiger partial charge in [-0.15, -0.1) is 0 Å². The minimum absolute atomic E-state index is 0.600. The number of rotatable bonds is 3. The maximum absolute atomic E-state index is 6.25. The van der Waals surface area contributed by atoms with Crippen molar-refractivity contribution in [3.8, 4) is 34.2 Å². The lowest BCUT2D eigenvalue weighted by Gasteiger charge is -2.13. The fourth-order valence-electron chi connectivity index (χ4n) is 6.95. The minimum atomic E-state index is 0.600. The summed E-state index contributed by atoms with van der Waals surface area (Å²) in [6.45, 7) is 0. The number of benzene rings is 7. The first kappa shape index (κ1) is 25.8. The Bertz CT molecular complexity index is 2870. The highest BCUT2D eigenvalue weighted by Gasteiger charge is 2.19. The zero-order valence-corrected chi connectivity index (χ0v) is 25.1. The molecule has 10 aromatic rings. The molecule has 3 heterocycles. The van der Waals surface area contributed by atoms with Crippen LogP contribution in [0.1, 0.15) is 0 Å². The van der Waals surface area contributed by atoms with Crippen LogP contribution >= 0.6 is 0 Å². The van der Waals surface area contributed by atoms with Gasteiger partial charge in [0, 0.05) is 49.8 Å². The van der Waals surface area contributed by atoms with Crippen LogP contribution in [0.3, 0.4) is 0 Å². The second-order valence-corrected chi connectivity index (χ2v) is 11.9. The Hall–Kier alpha value is -6.46. The molecule has 0 aliphatic heterocycles. The monoisotopic (exact) mass is 600 g/mol. The van der Waals surface area contributed by atoms with Crippen LogP contribution in [-0.4, -0.2) is 19.9 Å². The number of pyridine rings is 1. The number of aromatic nitrogens is 4. The van der Waals surface area contributed by atoms with Crippen LogP contribution in [0.5, 0.6) is 0 Å². The minimum Gasteiger partial charge on any atom is -0.456 e. The maximum atomic E-state index is 6.25. The number of nitrogens with zero attached hydrogens (tertiary/aromatic N) is 4. The molecule has 47 heavy (non-hydrogen) atoms. The molecule has 0 aliphatic rings. The van der Waals surface area contributed by atoms with Gasteiger partial charge in [-0.05, 0) is 45.8 Å². The predicted octanol–water partition coefficient (Wildman–Crippen LogP) is 10.8. The van der Waals surface area contributed by atoms with Crippen LogP contribution in [0.2, 0.25) is 0 Å². The van der Waals surface area contributed by atoms with E-state index in [0.717, 1.165) is 71.1 Å². The van der Waals surface area contributed by atoms with Crippen molar-refractivity contribution < 1.29 is 4.42 Å². The fraction of sp³-hybridized carbons (Fsp3) is 0. The van der Waals surface area contributed by atoms with Crippen LogP contribution in [0.15, 0.2) is 150 Å². The Balaban J connectivity index is 1.28. The number of furan rings is 1. The molecule has 3 aromatic heterocycles. The predicted molar refractivity (Wildman–Crippen MR) is 191 cm³/mol. The van der Waals surface area contributed by atoms with E-state index in [1.54, 1.807) is 0 Å². The van der Waals surface area contributed by atoms with E-state index >= 15 is 0 Å². The molecular weight excluding hydrogens is 576 g/mol. The van der Waals surface area contributed by atoms with Crippen LogP contribution in [0, 0.1) is 0 Å². The van der Waals surface area contributed by atoms with E-state index in [-0.39, 0.29) is 0 Å². The molecule has 0 atom stereocenters.